The molecule has 0 unspecified atom stereocenters. The summed E-state index contributed by atoms with van der Waals surface area (Å²) in [6, 6.07) is 6.97. The Morgan fingerprint density at radius 3 is 1.85 bits per heavy atom. The third-order valence-electron chi connectivity index (χ3n) is 10.5. The SMILES string of the molecule is CC(C)[C@H](NC(=O)CNC(=O)[C@H](Cc1ccc(O)cc1)NC(=O)[C@H](Cc1ccccc1)NC(=O)CNC(=O)[C@H](CO)NC(=O)[C@@H]1CCCN1C(=O)CN)C(=O)N[C@@H](CCCN=C(N)N)C(N)=O. The first kappa shape index (κ1) is 54.0. The largest absolute Gasteiger partial charge is 0.508 e. The fourth-order valence-corrected chi connectivity index (χ4v) is 6.96. The van der Waals surface area contributed by atoms with E-state index in [1.807, 2.05) is 0 Å². The summed E-state index contributed by atoms with van der Waals surface area (Å²) < 4.78 is 0. The van der Waals surface area contributed by atoms with Gasteiger partial charge in [0.25, 0.3) is 0 Å². The number of hydrogen-bond acceptors (Lipinski definition) is 13. The first-order chi connectivity index (χ1) is 31.8. The summed E-state index contributed by atoms with van der Waals surface area (Å²) in [5.74, 6) is -7.59. The molecule has 1 heterocycles. The summed E-state index contributed by atoms with van der Waals surface area (Å²) in [6.45, 7) is 1.28. The van der Waals surface area contributed by atoms with Crippen LogP contribution in [0.4, 0.5) is 0 Å². The summed E-state index contributed by atoms with van der Waals surface area (Å²) >= 11 is 0. The number of likely N-dealkylation sites (tertiary alicyclic amines) is 1. The van der Waals surface area contributed by atoms with Gasteiger partial charge in [0.2, 0.25) is 53.2 Å². The number of nitrogens with two attached hydrogens (primary N) is 4. The summed E-state index contributed by atoms with van der Waals surface area (Å²) in [5, 5.41) is 37.2. The van der Waals surface area contributed by atoms with Gasteiger partial charge in [-0.25, -0.2) is 0 Å². The van der Waals surface area contributed by atoms with E-state index in [1.165, 1.54) is 29.2 Å². The maximum atomic E-state index is 14.0. The minimum Gasteiger partial charge on any atom is -0.508 e. The minimum atomic E-state index is -1.48. The van der Waals surface area contributed by atoms with E-state index in [4.69, 9.17) is 22.9 Å². The second kappa shape index (κ2) is 27.2. The molecule has 366 valence electrons. The number of phenols is 1. The maximum Gasteiger partial charge on any atom is 0.245 e. The van der Waals surface area contributed by atoms with E-state index in [0.29, 0.717) is 36.9 Å². The van der Waals surface area contributed by atoms with Crippen molar-refractivity contribution in [2.75, 3.05) is 39.3 Å². The second-order valence-corrected chi connectivity index (χ2v) is 16.1. The Morgan fingerprint density at radius 1 is 0.716 bits per heavy atom. The number of aromatic hydroxyl groups is 1. The van der Waals surface area contributed by atoms with Crippen molar-refractivity contribution >= 4 is 59.1 Å². The Kier molecular flexibility index (Phi) is 21.9. The molecule has 1 fully saturated rings. The van der Waals surface area contributed by atoms with Gasteiger partial charge in [0, 0.05) is 25.9 Å². The van der Waals surface area contributed by atoms with Gasteiger partial charge < -0.3 is 75.3 Å². The van der Waals surface area contributed by atoms with Crippen LogP contribution >= 0.6 is 0 Å². The molecular weight excluding hydrogens is 875 g/mol. The molecule has 0 spiro atoms. The zero-order chi connectivity index (χ0) is 49.6. The number of carbonyl (C=O) groups excluding carboxylic acids is 9. The second-order valence-electron chi connectivity index (χ2n) is 16.1. The summed E-state index contributed by atoms with van der Waals surface area (Å²) in [5.41, 5.74) is 22.7. The molecule has 1 aliphatic rings. The molecular formula is C43H63N13O11. The van der Waals surface area contributed by atoms with Gasteiger partial charge >= 0.3 is 0 Å². The molecule has 3 rings (SSSR count). The Morgan fingerprint density at radius 2 is 1.28 bits per heavy atom. The predicted molar refractivity (Wildman–Crippen MR) is 242 cm³/mol. The maximum absolute atomic E-state index is 14.0. The number of primary amides is 1. The predicted octanol–water partition coefficient (Wildman–Crippen LogP) is -5.03. The van der Waals surface area contributed by atoms with E-state index in [9.17, 15) is 53.4 Å². The molecule has 0 saturated carbocycles. The number of nitrogens with one attached hydrogen (secondary N) is 7. The van der Waals surface area contributed by atoms with Crippen LogP contribution in [0.2, 0.25) is 0 Å². The lowest BCUT2D eigenvalue weighted by Gasteiger charge is -2.26. The van der Waals surface area contributed by atoms with E-state index >= 15 is 0 Å². The molecule has 1 aliphatic heterocycles. The van der Waals surface area contributed by atoms with Crippen LogP contribution in [0.15, 0.2) is 59.6 Å². The fourth-order valence-electron chi connectivity index (χ4n) is 6.96. The summed E-state index contributed by atoms with van der Waals surface area (Å²) in [6.07, 6.45) is 1.05. The molecule has 2 aromatic carbocycles. The number of amides is 9. The first-order valence-electron chi connectivity index (χ1n) is 21.7. The van der Waals surface area contributed by atoms with Gasteiger partial charge in [-0.2, -0.15) is 0 Å². The molecule has 0 aliphatic carbocycles. The first-order valence-corrected chi connectivity index (χ1v) is 21.7. The quantitative estimate of drug-likeness (QED) is 0.0239. The lowest BCUT2D eigenvalue weighted by Crippen LogP contribution is -2.58. The number of carbonyl (C=O) groups is 9. The normalized spacial score (nSPS) is 15.4. The average molecular weight is 938 g/mol. The zero-order valence-electron chi connectivity index (χ0n) is 37.5. The van der Waals surface area contributed by atoms with Gasteiger partial charge in [-0.3, -0.25) is 48.1 Å². The van der Waals surface area contributed by atoms with Crippen molar-refractivity contribution in [1.29, 1.82) is 0 Å². The summed E-state index contributed by atoms with van der Waals surface area (Å²) in [7, 11) is 0. The topological polar surface area (TPSA) is 398 Å². The van der Waals surface area contributed by atoms with E-state index in [-0.39, 0.29) is 44.1 Å². The number of aliphatic hydroxyl groups is 1. The number of phenolic OH excluding ortho intramolecular Hbond substituents is 1. The highest BCUT2D eigenvalue weighted by Crippen LogP contribution is 2.18. The van der Waals surface area contributed by atoms with Gasteiger partial charge in [-0.05, 0) is 54.9 Å². The molecule has 24 heteroatoms. The standard InChI is InChI=1S/C43H63N13O11/c1-24(2)36(42(67)52-28(37(45)62)10-6-16-48-43(46)47)55-34(60)22-49-38(63)29(19-26-12-14-27(58)15-13-26)53-40(65)30(18-25-8-4-3-5-9-25)51-33(59)21-50-39(64)31(23-57)54-41(66)32-11-7-17-56(32)35(61)20-44/h3-5,8-9,12-15,24,28-32,36,57-58H,6-7,10-11,16-23,44H2,1-2H3,(H2,45,62)(H,49,63)(H,50,64)(H,51,59)(H,52,67)(H,53,65)(H,54,66)(H,55,60)(H4,46,47,48)/t28-,29-,30-,31-,32-,36-/m0/s1. The molecule has 17 N–H and O–H groups in total. The van der Waals surface area contributed by atoms with Crippen molar-refractivity contribution in [3.05, 3.63) is 65.7 Å². The van der Waals surface area contributed by atoms with Crippen molar-refractivity contribution in [2.24, 2.45) is 33.8 Å². The van der Waals surface area contributed by atoms with Gasteiger partial charge in [-0.1, -0.05) is 56.3 Å². The highest BCUT2D eigenvalue weighted by atomic mass is 16.3. The highest BCUT2D eigenvalue weighted by Gasteiger charge is 2.36. The average Bonchev–Trinajstić information content (AvgIpc) is 3.80. The third-order valence-corrected chi connectivity index (χ3v) is 10.5. The molecule has 67 heavy (non-hydrogen) atoms. The van der Waals surface area contributed by atoms with Crippen molar-refractivity contribution < 1.29 is 53.4 Å². The van der Waals surface area contributed by atoms with Crippen molar-refractivity contribution in [2.45, 2.75) is 88.6 Å². The summed E-state index contributed by atoms with van der Waals surface area (Å²) in [4.78, 5) is 123. The van der Waals surface area contributed by atoms with Crippen LogP contribution in [0.5, 0.6) is 5.75 Å². The Balaban J connectivity index is 1.72. The van der Waals surface area contributed by atoms with Crippen molar-refractivity contribution in [3.63, 3.8) is 0 Å². The van der Waals surface area contributed by atoms with Crippen LogP contribution in [0.1, 0.15) is 50.7 Å². The molecule has 0 radical (unpaired) electrons. The van der Waals surface area contributed by atoms with E-state index in [0.717, 1.165) is 0 Å². The van der Waals surface area contributed by atoms with E-state index < -0.39 is 115 Å². The number of aliphatic imine (C=N–C) groups is 1. The number of benzene rings is 2. The highest BCUT2D eigenvalue weighted by molar-refractivity contribution is 5.97. The number of aliphatic hydroxyl groups excluding tert-OH is 1. The number of rotatable bonds is 26. The molecule has 0 bridgehead atoms. The van der Waals surface area contributed by atoms with Crippen LogP contribution < -0.4 is 60.2 Å². The van der Waals surface area contributed by atoms with Crippen LogP contribution in [-0.2, 0) is 56.0 Å². The van der Waals surface area contributed by atoms with Crippen molar-refractivity contribution in [3.8, 4) is 5.75 Å². The number of guanidine groups is 1. The van der Waals surface area contributed by atoms with Gasteiger partial charge in [0.1, 0.15) is 42.0 Å². The van der Waals surface area contributed by atoms with Crippen LogP contribution in [0.3, 0.4) is 0 Å². The molecule has 2 aromatic rings. The molecule has 6 atom stereocenters. The molecule has 0 aromatic heterocycles. The Labute approximate surface area is 387 Å². The number of nitrogens with zero attached hydrogens (tertiary/aromatic N) is 2. The molecule has 24 nitrogen and oxygen atoms in total. The smallest absolute Gasteiger partial charge is 0.245 e. The van der Waals surface area contributed by atoms with E-state index in [2.05, 4.69) is 42.2 Å². The molecule has 9 amide bonds. The zero-order valence-corrected chi connectivity index (χ0v) is 37.5. The van der Waals surface area contributed by atoms with Crippen LogP contribution in [0, 0.1) is 5.92 Å². The lowest BCUT2D eigenvalue weighted by molar-refractivity contribution is -0.139. The van der Waals surface area contributed by atoms with Crippen molar-refractivity contribution in [1.82, 2.24) is 42.1 Å². The monoisotopic (exact) mass is 937 g/mol. The van der Waals surface area contributed by atoms with Gasteiger partial charge in [0.15, 0.2) is 5.96 Å². The van der Waals surface area contributed by atoms with Crippen LogP contribution in [-0.4, -0.2) is 150 Å². The van der Waals surface area contributed by atoms with Gasteiger partial charge in [0.05, 0.1) is 26.2 Å². The van der Waals surface area contributed by atoms with Gasteiger partial charge in [-0.15, -0.1) is 0 Å². The Hall–Kier alpha value is -7.34. The Bertz CT molecular complexity index is 2070. The van der Waals surface area contributed by atoms with E-state index in [1.54, 1.807) is 44.2 Å². The third kappa shape index (κ3) is 18.2. The fraction of sp³-hybridized carbons (Fsp3) is 0.488. The van der Waals surface area contributed by atoms with Crippen LogP contribution in [0.25, 0.3) is 0 Å². The molecule has 1 saturated heterocycles. The minimum absolute atomic E-state index is 0.0628. The number of hydrogen-bond donors (Lipinski definition) is 13. The lowest BCUT2D eigenvalue weighted by atomic mass is 10.0.